The number of rotatable bonds is 10. The second-order valence-electron chi connectivity index (χ2n) is 6.59. The summed E-state index contributed by atoms with van der Waals surface area (Å²) in [4.78, 5) is 12.0. The van der Waals surface area contributed by atoms with Crippen molar-refractivity contribution in [2.24, 2.45) is 5.92 Å². The molecule has 150 valence electrons. The quantitative estimate of drug-likeness (QED) is 0.372. The minimum atomic E-state index is -0.693. The largest absolute Gasteiger partial charge is 0.491 e. The summed E-state index contributed by atoms with van der Waals surface area (Å²) in [5, 5.41) is 22.3. The number of amides is 1. The summed E-state index contributed by atoms with van der Waals surface area (Å²) < 4.78 is 5.49. The van der Waals surface area contributed by atoms with Gasteiger partial charge >= 0.3 is 0 Å². The van der Waals surface area contributed by atoms with Gasteiger partial charge in [-0.1, -0.05) is 43.3 Å². The van der Waals surface area contributed by atoms with Crippen LogP contribution in [0.4, 0.5) is 11.4 Å². The zero-order valence-corrected chi connectivity index (χ0v) is 16.0. The number of nitrogen functional groups attached to an aromatic ring is 1. The van der Waals surface area contributed by atoms with Crippen molar-refractivity contribution in [2.45, 2.75) is 25.9 Å². The Balaban J connectivity index is 1.85. The van der Waals surface area contributed by atoms with Gasteiger partial charge in [-0.2, -0.15) is 0 Å². The van der Waals surface area contributed by atoms with Crippen molar-refractivity contribution < 1.29 is 19.7 Å². The summed E-state index contributed by atoms with van der Waals surface area (Å²) in [5.74, 6) is 0.302. The fourth-order valence-electron chi connectivity index (χ4n) is 2.81. The third kappa shape index (κ3) is 6.40. The van der Waals surface area contributed by atoms with Crippen LogP contribution in [0.2, 0.25) is 0 Å². The minimum Gasteiger partial charge on any atom is -0.491 e. The molecular weight excluding hydrogens is 356 g/mol. The molecule has 2 aromatic rings. The van der Waals surface area contributed by atoms with E-state index in [1.54, 1.807) is 36.4 Å². The molecule has 0 bridgehead atoms. The fraction of sp³-hybridized carbons (Fsp3) is 0.318. The van der Waals surface area contributed by atoms with Crippen molar-refractivity contribution in [3.8, 4) is 5.75 Å². The van der Waals surface area contributed by atoms with Crippen LogP contribution in [0.5, 0.6) is 5.75 Å². The van der Waals surface area contributed by atoms with Crippen molar-refractivity contribution in [1.82, 2.24) is 0 Å². The third-order valence-corrected chi connectivity index (χ3v) is 4.40. The number of aliphatic hydroxyl groups is 2. The van der Waals surface area contributed by atoms with Gasteiger partial charge in [0.15, 0.2) is 0 Å². The molecule has 0 unspecified atom stereocenters. The highest BCUT2D eigenvalue weighted by atomic mass is 16.5. The molecule has 0 heterocycles. The van der Waals surface area contributed by atoms with Gasteiger partial charge in [0.1, 0.15) is 12.4 Å². The van der Waals surface area contributed by atoms with Gasteiger partial charge in [0.2, 0.25) is 5.91 Å². The molecule has 0 aliphatic heterocycles. The first-order chi connectivity index (χ1) is 13.5. The number of nitrogens with two attached hydrogens (primary N) is 1. The number of carbonyl (C=O) groups is 1. The first-order valence-electron chi connectivity index (χ1n) is 9.35. The number of hydrogen-bond acceptors (Lipinski definition) is 5. The van der Waals surface area contributed by atoms with Crippen LogP contribution in [0, 0.1) is 5.92 Å². The predicted molar refractivity (Wildman–Crippen MR) is 111 cm³/mol. The van der Waals surface area contributed by atoms with Crippen LogP contribution in [-0.4, -0.2) is 29.3 Å². The molecule has 6 heteroatoms. The van der Waals surface area contributed by atoms with Crippen LogP contribution in [-0.2, 0) is 4.79 Å². The van der Waals surface area contributed by atoms with Crippen molar-refractivity contribution >= 4 is 17.3 Å². The maximum atomic E-state index is 12.0. The summed E-state index contributed by atoms with van der Waals surface area (Å²) in [7, 11) is 0. The molecule has 0 spiro atoms. The van der Waals surface area contributed by atoms with Crippen LogP contribution in [0.1, 0.15) is 31.4 Å². The lowest BCUT2D eigenvalue weighted by molar-refractivity contribution is -0.111. The molecule has 0 aromatic heterocycles. The number of carbonyl (C=O) groups excluding carboxylic acids is 1. The van der Waals surface area contributed by atoms with E-state index >= 15 is 0 Å². The average Bonchev–Trinajstić information content (AvgIpc) is 2.71. The molecule has 5 N–H and O–H groups in total. The Labute approximate surface area is 165 Å². The molecule has 2 aromatic carbocycles. The van der Waals surface area contributed by atoms with Crippen LogP contribution < -0.4 is 15.8 Å². The fourth-order valence-corrected chi connectivity index (χ4v) is 2.81. The summed E-state index contributed by atoms with van der Waals surface area (Å²) in [6.07, 6.45) is 3.92. The van der Waals surface area contributed by atoms with Gasteiger partial charge in [-0.05, 0) is 43.0 Å². The van der Waals surface area contributed by atoms with E-state index in [1.807, 2.05) is 25.1 Å². The average molecular weight is 384 g/mol. The number of hydrogen-bond donors (Lipinski definition) is 4. The monoisotopic (exact) mass is 384 g/mol. The van der Waals surface area contributed by atoms with E-state index in [9.17, 15) is 9.90 Å². The van der Waals surface area contributed by atoms with Crippen LogP contribution in [0.3, 0.4) is 0 Å². The minimum absolute atomic E-state index is 0.0312. The summed E-state index contributed by atoms with van der Waals surface area (Å²) >= 11 is 0. The normalized spacial score (nSPS) is 13.2. The molecule has 0 saturated carbocycles. The topological polar surface area (TPSA) is 105 Å². The Morgan fingerprint density at radius 1 is 1.21 bits per heavy atom. The Morgan fingerprint density at radius 3 is 2.68 bits per heavy atom. The molecule has 0 fully saturated rings. The maximum absolute atomic E-state index is 12.0. The molecule has 1 amide bonds. The van der Waals surface area contributed by atoms with E-state index in [4.69, 9.17) is 15.6 Å². The van der Waals surface area contributed by atoms with Crippen molar-refractivity contribution in [3.63, 3.8) is 0 Å². The number of anilines is 2. The number of benzene rings is 2. The van der Waals surface area contributed by atoms with Gasteiger partial charge < -0.3 is 26.0 Å². The first-order valence-corrected chi connectivity index (χ1v) is 9.35. The smallest absolute Gasteiger partial charge is 0.248 e. The standard InChI is InChI=1S/C22H28N2O4/c1-16(22(27)17-9-3-6-12-20(17)28-15-14-25)8-2-7-13-21(26)24-19-11-5-4-10-18(19)23/h3-7,9-13,16,22,25,27H,2,8,14-15,23H2,1H3,(H,24,26)/b13-7+/t16-,22-/m1/s1. The van der Waals surface area contributed by atoms with E-state index in [-0.39, 0.29) is 25.0 Å². The number of aliphatic hydroxyl groups excluding tert-OH is 2. The van der Waals surface area contributed by atoms with Gasteiger partial charge in [-0.25, -0.2) is 0 Å². The van der Waals surface area contributed by atoms with Crippen molar-refractivity contribution in [3.05, 3.63) is 66.2 Å². The van der Waals surface area contributed by atoms with E-state index in [2.05, 4.69) is 5.32 Å². The summed E-state index contributed by atoms with van der Waals surface area (Å²) in [6, 6.07) is 14.4. The second-order valence-corrected chi connectivity index (χ2v) is 6.59. The van der Waals surface area contributed by atoms with E-state index < -0.39 is 6.10 Å². The number of allylic oxidation sites excluding steroid dienone is 1. The lowest BCUT2D eigenvalue weighted by Crippen LogP contribution is -2.12. The van der Waals surface area contributed by atoms with Crippen LogP contribution in [0.15, 0.2) is 60.7 Å². The zero-order chi connectivity index (χ0) is 20.4. The van der Waals surface area contributed by atoms with Crippen LogP contribution in [0.25, 0.3) is 0 Å². The molecule has 2 atom stereocenters. The molecule has 2 rings (SSSR count). The molecule has 0 aliphatic carbocycles. The molecule has 28 heavy (non-hydrogen) atoms. The van der Waals surface area contributed by atoms with Gasteiger partial charge in [-0.3, -0.25) is 4.79 Å². The zero-order valence-electron chi connectivity index (χ0n) is 16.0. The number of nitrogens with one attached hydrogen (secondary N) is 1. The van der Waals surface area contributed by atoms with Gasteiger partial charge in [0.25, 0.3) is 0 Å². The highest BCUT2D eigenvalue weighted by Crippen LogP contribution is 2.32. The molecular formula is C22H28N2O4. The lowest BCUT2D eigenvalue weighted by atomic mass is 9.92. The Bertz CT molecular complexity index is 792. The van der Waals surface area contributed by atoms with Crippen LogP contribution >= 0.6 is 0 Å². The first kappa shape index (κ1) is 21.5. The number of para-hydroxylation sites is 3. The lowest BCUT2D eigenvalue weighted by Gasteiger charge is -2.21. The molecule has 0 aliphatic rings. The molecule has 0 radical (unpaired) electrons. The Morgan fingerprint density at radius 2 is 1.93 bits per heavy atom. The van der Waals surface area contributed by atoms with E-state index in [0.29, 0.717) is 35.5 Å². The third-order valence-electron chi connectivity index (χ3n) is 4.40. The predicted octanol–water partition coefficient (Wildman–Crippen LogP) is 3.28. The number of ether oxygens (including phenoxy) is 1. The summed E-state index contributed by atoms with van der Waals surface area (Å²) in [6.45, 7) is 2.05. The maximum Gasteiger partial charge on any atom is 0.248 e. The SMILES string of the molecule is C[C@H](CC/C=C/C(=O)Nc1ccccc1N)[C@@H](O)c1ccccc1OCCO. The highest BCUT2D eigenvalue weighted by molar-refractivity contribution is 6.01. The molecule has 6 nitrogen and oxygen atoms in total. The Kier molecular flexibility index (Phi) is 8.52. The van der Waals surface area contributed by atoms with Crippen molar-refractivity contribution in [2.75, 3.05) is 24.3 Å². The summed E-state index contributed by atoms with van der Waals surface area (Å²) in [5.41, 5.74) is 7.60. The van der Waals surface area contributed by atoms with Gasteiger partial charge in [0.05, 0.1) is 24.1 Å². The van der Waals surface area contributed by atoms with E-state index in [0.717, 1.165) is 0 Å². The highest BCUT2D eigenvalue weighted by Gasteiger charge is 2.19. The Hall–Kier alpha value is -2.83. The molecule has 0 saturated heterocycles. The van der Waals surface area contributed by atoms with Crippen molar-refractivity contribution in [1.29, 1.82) is 0 Å². The van der Waals surface area contributed by atoms with Gasteiger partial charge in [0, 0.05) is 5.56 Å². The van der Waals surface area contributed by atoms with Gasteiger partial charge in [-0.15, -0.1) is 0 Å². The second kappa shape index (κ2) is 11.1. The van der Waals surface area contributed by atoms with E-state index in [1.165, 1.54) is 6.08 Å².